The molecule has 42 heavy (non-hydrogen) atoms. The number of rotatable bonds is 8. The van der Waals surface area contributed by atoms with Gasteiger partial charge in [0.25, 0.3) is 0 Å². The largest absolute Gasteiger partial charge is 0.488 e. The molecule has 2 aliphatic carbocycles. The number of pyridine rings is 1. The number of aromatic carboxylic acids is 1. The maximum absolute atomic E-state index is 14.1. The lowest BCUT2D eigenvalue weighted by Gasteiger charge is -2.39. The van der Waals surface area contributed by atoms with Crippen molar-refractivity contribution in [3.05, 3.63) is 39.8 Å². The molecule has 2 aromatic rings. The summed E-state index contributed by atoms with van der Waals surface area (Å²) in [5.41, 5.74) is 1.49. The van der Waals surface area contributed by atoms with Gasteiger partial charge in [0.05, 0.1) is 22.9 Å². The lowest BCUT2D eigenvalue weighted by atomic mass is 9.86. The van der Waals surface area contributed by atoms with Gasteiger partial charge in [-0.25, -0.2) is 4.79 Å². The second-order valence-electron chi connectivity index (χ2n) is 13.2. The molecule has 2 saturated carbocycles. The number of carboxylic acid groups (broad SMARTS) is 1. The van der Waals surface area contributed by atoms with E-state index in [1.54, 1.807) is 0 Å². The summed E-state index contributed by atoms with van der Waals surface area (Å²) in [4.78, 5) is 36.1. The van der Waals surface area contributed by atoms with Crippen molar-refractivity contribution in [3.63, 3.8) is 0 Å². The molecule has 5 rings (SSSR count). The van der Waals surface area contributed by atoms with E-state index in [2.05, 4.69) is 27.8 Å². The zero-order valence-electron chi connectivity index (χ0n) is 25.4. The minimum absolute atomic E-state index is 0.0454. The molecule has 0 spiro atoms. The summed E-state index contributed by atoms with van der Waals surface area (Å²) in [7, 11) is 0. The Kier molecular flexibility index (Phi) is 9.90. The second-order valence-corrected chi connectivity index (χ2v) is 14.2. The first-order chi connectivity index (χ1) is 20.2. The van der Waals surface area contributed by atoms with Crippen LogP contribution in [0.1, 0.15) is 112 Å². The van der Waals surface area contributed by atoms with Crippen LogP contribution in [0.2, 0.25) is 0 Å². The van der Waals surface area contributed by atoms with E-state index in [4.69, 9.17) is 4.74 Å². The number of hydrogen-bond acceptors (Lipinski definition) is 6. The van der Waals surface area contributed by atoms with Crippen LogP contribution in [0.5, 0.6) is 5.75 Å². The number of aromatic nitrogens is 1. The first-order valence-corrected chi connectivity index (χ1v) is 16.5. The lowest BCUT2D eigenvalue weighted by Crippen LogP contribution is -2.47. The van der Waals surface area contributed by atoms with E-state index in [1.165, 1.54) is 29.7 Å². The monoisotopic (exact) mass is 591 g/mol. The second kappa shape index (κ2) is 13.6. The number of thiophene rings is 1. The van der Waals surface area contributed by atoms with Gasteiger partial charge >= 0.3 is 5.97 Å². The van der Waals surface area contributed by atoms with Crippen LogP contribution in [-0.4, -0.2) is 52.1 Å². The highest BCUT2D eigenvalue weighted by Gasteiger charge is 2.37. The van der Waals surface area contributed by atoms with Crippen molar-refractivity contribution in [2.24, 2.45) is 11.3 Å². The van der Waals surface area contributed by atoms with Gasteiger partial charge < -0.3 is 14.7 Å². The van der Waals surface area contributed by atoms with Crippen molar-refractivity contribution >= 4 is 28.9 Å². The van der Waals surface area contributed by atoms with Crippen LogP contribution in [0, 0.1) is 23.2 Å². The van der Waals surface area contributed by atoms with E-state index in [0.717, 1.165) is 83.2 Å². The van der Waals surface area contributed by atoms with E-state index in [-0.39, 0.29) is 34.3 Å². The van der Waals surface area contributed by atoms with Crippen molar-refractivity contribution in [3.8, 4) is 17.6 Å². The number of carbonyl (C=O) groups is 2. The fraction of sp³-hybridized carbons (Fsp3) is 0.618. The molecule has 7 nitrogen and oxygen atoms in total. The highest BCUT2D eigenvalue weighted by atomic mass is 32.1. The molecule has 0 atom stereocenters. The fourth-order valence-corrected chi connectivity index (χ4v) is 7.34. The smallest absolute Gasteiger partial charge is 0.348 e. The van der Waals surface area contributed by atoms with Crippen molar-refractivity contribution in [2.75, 3.05) is 18.0 Å². The number of likely N-dealkylation sites (tertiary alicyclic amines) is 1. The Hall–Kier alpha value is -2.89. The topological polar surface area (TPSA) is 83.0 Å². The number of nitrogens with zero attached hydrogens (tertiary/aromatic N) is 3. The minimum Gasteiger partial charge on any atom is -0.488 e. The van der Waals surface area contributed by atoms with Crippen LogP contribution < -0.4 is 9.64 Å². The van der Waals surface area contributed by atoms with Gasteiger partial charge in [-0.2, -0.15) is 0 Å². The number of ether oxygens (including phenoxy) is 1. The van der Waals surface area contributed by atoms with Crippen molar-refractivity contribution < 1.29 is 19.4 Å². The van der Waals surface area contributed by atoms with Crippen LogP contribution in [-0.2, 0) is 11.3 Å². The molecule has 3 fully saturated rings. The summed E-state index contributed by atoms with van der Waals surface area (Å²) in [5, 5.41) is 10.2. The molecular formula is C34H45N3O4S. The van der Waals surface area contributed by atoms with E-state index >= 15 is 0 Å². The average molecular weight is 592 g/mol. The Morgan fingerprint density at radius 2 is 1.79 bits per heavy atom. The van der Waals surface area contributed by atoms with Gasteiger partial charge in [-0.1, -0.05) is 31.1 Å². The molecule has 8 heteroatoms. The molecule has 1 aliphatic heterocycles. The van der Waals surface area contributed by atoms with E-state index in [9.17, 15) is 14.7 Å². The van der Waals surface area contributed by atoms with E-state index < -0.39 is 5.97 Å². The molecule has 0 aromatic carbocycles. The van der Waals surface area contributed by atoms with Gasteiger partial charge in [-0.15, -0.1) is 11.3 Å². The van der Waals surface area contributed by atoms with Crippen LogP contribution >= 0.6 is 11.3 Å². The van der Waals surface area contributed by atoms with Gasteiger partial charge in [-0.05, 0) is 97.4 Å². The zero-order valence-corrected chi connectivity index (χ0v) is 26.2. The number of hydrogen-bond donors (Lipinski definition) is 1. The van der Waals surface area contributed by atoms with Crippen LogP contribution in [0.4, 0.5) is 5.69 Å². The molecule has 3 aliphatic rings. The fourth-order valence-electron chi connectivity index (χ4n) is 6.49. The van der Waals surface area contributed by atoms with Gasteiger partial charge in [0.15, 0.2) is 0 Å². The predicted octanol–water partition coefficient (Wildman–Crippen LogP) is 7.14. The third kappa shape index (κ3) is 7.73. The highest BCUT2D eigenvalue weighted by Crippen LogP contribution is 2.39. The maximum atomic E-state index is 14.1. The van der Waals surface area contributed by atoms with Gasteiger partial charge in [0, 0.05) is 35.7 Å². The molecule has 226 valence electrons. The maximum Gasteiger partial charge on any atom is 0.348 e. The molecule has 1 saturated heterocycles. The van der Waals surface area contributed by atoms with Gasteiger partial charge in [-0.3, -0.25) is 14.7 Å². The molecule has 3 heterocycles. The normalized spacial score (nSPS) is 21.9. The Labute approximate surface area is 254 Å². The third-order valence-electron chi connectivity index (χ3n) is 8.68. The summed E-state index contributed by atoms with van der Waals surface area (Å²) in [6, 6.07) is 3.85. The molecular weight excluding hydrogens is 546 g/mol. The Morgan fingerprint density at radius 1 is 1.07 bits per heavy atom. The lowest BCUT2D eigenvalue weighted by molar-refractivity contribution is -0.124. The molecule has 1 amide bonds. The summed E-state index contributed by atoms with van der Waals surface area (Å²) >= 11 is 1.18. The Bertz CT molecular complexity index is 1300. The summed E-state index contributed by atoms with van der Waals surface area (Å²) in [6.45, 7) is 9.24. The number of anilines is 1. The van der Waals surface area contributed by atoms with Gasteiger partial charge in [0.2, 0.25) is 5.91 Å². The minimum atomic E-state index is -1.00. The molecule has 0 unspecified atom stereocenters. The van der Waals surface area contributed by atoms with Crippen molar-refractivity contribution in [1.82, 2.24) is 9.88 Å². The molecule has 0 radical (unpaired) electrons. The number of carboxylic acids is 1. The SMILES string of the molecule is CC(C)(C)C#Cc1cc(N(C(=O)C2CCCCC2)C2CCC(Oc3cnccc3CN3CCCC3)CC2)c(C(=O)O)s1. The highest BCUT2D eigenvalue weighted by molar-refractivity contribution is 7.15. The molecule has 2 aromatic heterocycles. The third-order valence-corrected chi connectivity index (χ3v) is 9.71. The number of amides is 1. The predicted molar refractivity (Wildman–Crippen MR) is 167 cm³/mol. The number of carbonyl (C=O) groups excluding carboxylic acids is 1. The van der Waals surface area contributed by atoms with Gasteiger partial charge in [0.1, 0.15) is 10.6 Å². The Balaban J connectivity index is 1.35. The van der Waals surface area contributed by atoms with Crippen molar-refractivity contribution in [1.29, 1.82) is 0 Å². The van der Waals surface area contributed by atoms with Crippen LogP contribution in [0.15, 0.2) is 24.5 Å². The van der Waals surface area contributed by atoms with E-state index in [0.29, 0.717) is 10.6 Å². The zero-order chi connectivity index (χ0) is 29.7. The first kappa shape index (κ1) is 30.6. The summed E-state index contributed by atoms with van der Waals surface area (Å²) in [5.74, 6) is 6.29. The average Bonchev–Trinajstić information content (AvgIpc) is 3.64. The summed E-state index contributed by atoms with van der Waals surface area (Å²) in [6.07, 6.45) is 14.4. The summed E-state index contributed by atoms with van der Waals surface area (Å²) < 4.78 is 6.53. The standard InChI is InChI=1S/C34H45N3O4S/c1-34(2,3)17-15-28-21-29(31(42-28)33(39)40)37(32(38)24-9-5-4-6-10-24)26-11-13-27(14-12-26)41-30-22-35-18-16-25(30)23-36-19-7-8-20-36/h16,18,21-22,24,26-27H,4-14,19-20,23H2,1-3H3,(H,39,40). The van der Waals surface area contributed by atoms with Crippen molar-refractivity contribution in [2.45, 2.75) is 110 Å². The molecule has 0 bridgehead atoms. The quantitative estimate of drug-likeness (QED) is 0.329. The molecule has 1 N–H and O–H groups in total. The Morgan fingerprint density at radius 3 is 2.45 bits per heavy atom. The van der Waals surface area contributed by atoms with Crippen LogP contribution in [0.25, 0.3) is 0 Å². The van der Waals surface area contributed by atoms with Crippen LogP contribution in [0.3, 0.4) is 0 Å². The van der Waals surface area contributed by atoms with E-state index in [1.807, 2.05) is 44.1 Å². The first-order valence-electron chi connectivity index (χ1n) is 15.7.